The Balaban J connectivity index is 2.44. The lowest BCUT2D eigenvalue weighted by molar-refractivity contribution is 0.298. The molecule has 17 heavy (non-hydrogen) atoms. The van der Waals surface area contributed by atoms with E-state index in [1.807, 2.05) is 25.1 Å². The van der Waals surface area contributed by atoms with Gasteiger partial charge in [-0.1, -0.05) is 30.3 Å². The van der Waals surface area contributed by atoms with Crippen LogP contribution < -0.4 is 5.73 Å². The summed E-state index contributed by atoms with van der Waals surface area (Å²) in [4.78, 5) is 3.30. The number of aromatic amines is 1. The van der Waals surface area contributed by atoms with E-state index in [-0.39, 0.29) is 12.6 Å². The van der Waals surface area contributed by atoms with Gasteiger partial charge in [0.05, 0.1) is 0 Å². The van der Waals surface area contributed by atoms with Crippen molar-refractivity contribution in [2.24, 2.45) is 5.73 Å². The molecule has 3 nitrogen and oxygen atoms in total. The number of aliphatic hydroxyl groups is 1. The van der Waals surface area contributed by atoms with Crippen LogP contribution in [0.5, 0.6) is 0 Å². The van der Waals surface area contributed by atoms with E-state index in [1.165, 1.54) is 0 Å². The molecule has 0 unspecified atom stereocenters. The van der Waals surface area contributed by atoms with Gasteiger partial charge in [0.1, 0.15) is 0 Å². The second-order valence-electron chi connectivity index (χ2n) is 4.25. The summed E-state index contributed by atoms with van der Waals surface area (Å²) in [7, 11) is 0. The number of H-pyrrole nitrogens is 1. The summed E-state index contributed by atoms with van der Waals surface area (Å²) in [5, 5.41) is 8.98. The molecule has 0 aliphatic carbocycles. The maximum absolute atomic E-state index is 8.98. The molecule has 0 aliphatic heterocycles. The number of nitrogens with two attached hydrogens (primary N) is 1. The van der Waals surface area contributed by atoms with E-state index < -0.39 is 0 Å². The fourth-order valence-corrected chi connectivity index (χ4v) is 2.00. The van der Waals surface area contributed by atoms with Crippen LogP contribution in [0.4, 0.5) is 0 Å². The van der Waals surface area contributed by atoms with Crippen molar-refractivity contribution in [1.82, 2.24) is 4.98 Å². The van der Waals surface area contributed by atoms with E-state index in [2.05, 4.69) is 23.2 Å². The molecule has 0 saturated carbocycles. The van der Waals surface area contributed by atoms with Crippen molar-refractivity contribution in [1.29, 1.82) is 0 Å². The standard InChI is InChI=1S/C14H18N2O/c1-10(15)14-13(9-12(16-14)7-8-17)11-5-3-2-4-6-11/h2-6,9-10,16-17H,7-8,15H2,1H3/t10-/m0/s1. The maximum Gasteiger partial charge on any atom is 0.0485 e. The highest BCUT2D eigenvalue weighted by atomic mass is 16.3. The number of benzene rings is 1. The van der Waals surface area contributed by atoms with Gasteiger partial charge in [0.15, 0.2) is 0 Å². The second-order valence-corrected chi connectivity index (χ2v) is 4.25. The first kappa shape index (κ1) is 11.9. The zero-order valence-corrected chi connectivity index (χ0v) is 9.98. The van der Waals surface area contributed by atoms with Crippen molar-refractivity contribution in [3.8, 4) is 11.1 Å². The van der Waals surface area contributed by atoms with Crippen molar-refractivity contribution in [3.63, 3.8) is 0 Å². The Morgan fingerprint density at radius 1 is 1.29 bits per heavy atom. The Morgan fingerprint density at radius 3 is 2.59 bits per heavy atom. The zero-order valence-electron chi connectivity index (χ0n) is 9.98. The Hall–Kier alpha value is -1.58. The first-order chi connectivity index (χ1) is 8.22. The summed E-state index contributed by atoms with van der Waals surface area (Å²) in [6.45, 7) is 2.11. The number of nitrogens with one attached hydrogen (secondary N) is 1. The third-order valence-electron chi connectivity index (χ3n) is 2.83. The van der Waals surface area contributed by atoms with Crippen LogP contribution in [0.2, 0.25) is 0 Å². The summed E-state index contributed by atoms with van der Waals surface area (Å²) in [6, 6.07) is 12.2. The van der Waals surface area contributed by atoms with Gasteiger partial charge >= 0.3 is 0 Å². The highest BCUT2D eigenvalue weighted by Crippen LogP contribution is 2.28. The molecule has 4 N–H and O–H groups in total. The van der Waals surface area contributed by atoms with Crippen LogP contribution in [-0.2, 0) is 6.42 Å². The van der Waals surface area contributed by atoms with E-state index in [0.29, 0.717) is 6.42 Å². The molecule has 1 aromatic carbocycles. The lowest BCUT2D eigenvalue weighted by atomic mass is 10.0. The predicted octanol–water partition coefficient (Wildman–Crippen LogP) is 2.24. The lowest BCUT2D eigenvalue weighted by Gasteiger charge is -2.07. The highest BCUT2D eigenvalue weighted by Gasteiger charge is 2.12. The van der Waals surface area contributed by atoms with Gasteiger partial charge in [0.25, 0.3) is 0 Å². The molecule has 3 heteroatoms. The molecule has 0 saturated heterocycles. The average Bonchev–Trinajstić information content (AvgIpc) is 2.75. The SMILES string of the molecule is C[C@H](N)c1[nH]c(CCO)cc1-c1ccccc1. The van der Waals surface area contributed by atoms with E-state index in [1.54, 1.807) is 0 Å². The third kappa shape index (κ3) is 2.57. The van der Waals surface area contributed by atoms with Crippen LogP contribution in [0, 0.1) is 0 Å². The fourth-order valence-electron chi connectivity index (χ4n) is 2.00. The number of hydrogen-bond acceptors (Lipinski definition) is 2. The van der Waals surface area contributed by atoms with Gasteiger partial charge in [-0.25, -0.2) is 0 Å². The molecule has 0 bridgehead atoms. The number of aromatic nitrogens is 1. The topological polar surface area (TPSA) is 62.0 Å². The Labute approximate surface area is 101 Å². The molecule has 0 amide bonds. The molecule has 1 heterocycles. The first-order valence-corrected chi connectivity index (χ1v) is 5.86. The smallest absolute Gasteiger partial charge is 0.0485 e. The molecule has 1 aromatic heterocycles. The first-order valence-electron chi connectivity index (χ1n) is 5.86. The summed E-state index contributed by atoms with van der Waals surface area (Å²) in [5.74, 6) is 0. The lowest BCUT2D eigenvalue weighted by Crippen LogP contribution is -2.07. The Morgan fingerprint density at radius 2 is 2.00 bits per heavy atom. The van der Waals surface area contributed by atoms with Crippen molar-refractivity contribution in [2.75, 3.05) is 6.61 Å². The minimum atomic E-state index is -0.0438. The van der Waals surface area contributed by atoms with Crippen LogP contribution in [0.3, 0.4) is 0 Å². The van der Waals surface area contributed by atoms with Crippen LogP contribution in [0.1, 0.15) is 24.4 Å². The molecule has 2 rings (SSSR count). The summed E-state index contributed by atoms with van der Waals surface area (Å²) in [5.41, 5.74) is 10.3. The van der Waals surface area contributed by atoms with Crippen molar-refractivity contribution < 1.29 is 5.11 Å². The van der Waals surface area contributed by atoms with E-state index >= 15 is 0 Å². The van der Waals surface area contributed by atoms with Gasteiger partial charge in [-0.15, -0.1) is 0 Å². The van der Waals surface area contributed by atoms with Gasteiger partial charge in [0, 0.05) is 36.0 Å². The number of rotatable bonds is 4. The minimum absolute atomic E-state index is 0.0438. The molecular formula is C14H18N2O. The molecule has 1 atom stereocenters. The molecule has 0 radical (unpaired) electrons. The van der Waals surface area contributed by atoms with E-state index in [4.69, 9.17) is 10.8 Å². The average molecular weight is 230 g/mol. The van der Waals surface area contributed by atoms with Crippen LogP contribution in [0.25, 0.3) is 11.1 Å². The van der Waals surface area contributed by atoms with Gasteiger partial charge in [0.2, 0.25) is 0 Å². The zero-order chi connectivity index (χ0) is 12.3. The highest BCUT2D eigenvalue weighted by molar-refractivity contribution is 5.67. The van der Waals surface area contributed by atoms with Gasteiger partial charge in [-0.2, -0.15) is 0 Å². The molecule has 90 valence electrons. The number of aliphatic hydroxyl groups excluding tert-OH is 1. The predicted molar refractivity (Wildman–Crippen MR) is 69.6 cm³/mol. The Bertz CT molecular complexity index is 474. The minimum Gasteiger partial charge on any atom is -0.396 e. The van der Waals surface area contributed by atoms with Crippen LogP contribution >= 0.6 is 0 Å². The normalized spacial score (nSPS) is 12.6. The van der Waals surface area contributed by atoms with Crippen LogP contribution in [0.15, 0.2) is 36.4 Å². The summed E-state index contributed by atoms with van der Waals surface area (Å²) >= 11 is 0. The molecule has 0 fully saturated rings. The van der Waals surface area contributed by atoms with Crippen molar-refractivity contribution >= 4 is 0 Å². The van der Waals surface area contributed by atoms with Gasteiger partial charge in [-0.3, -0.25) is 0 Å². The van der Waals surface area contributed by atoms with Crippen molar-refractivity contribution in [3.05, 3.63) is 47.8 Å². The van der Waals surface area contributed by atoms with Gasteiger partial charge in [-0.05, 0) is 18.6 Å². The molecule has 0 aliphatic rings. The van der Waals surface area contributed by atoms with Crippen LogP contribution in [-0.4, -0.2) is 16.7 Å². The molecular weight excluding hydrogens is 212 g/mol. The third-order valence-corrected chi connectivity index (χ3v) is 2.83. The quantitative estimate of drug-likeness (QED) is 0.754. The monoisotopic (exact) mass is 230 g/mol. The maximum atomic E-state index is 8.98. The van der Waals surface area contributed by atoms with E-state index in [9.17, 15) is 0 Å². The fraction of sp³-hybridized carbons (Fsp3) is 0.286. The van der Waals surface area contributed by atoms with Crippen molar-refractivity contribution in [2.45, 2.75) is 19.4 Å². The van der Waals surface area contributed by atoms with Gasteiger partial charge < -0.3 is 15.8 Å². The van der Waals surface area contributed by atoms with E-state index in [0.717, 1.165) is 22.5 Å². The molecule has 0 spiro atoms. The second kappa shape index (κ2) is 5.17. The largest absolute Gasteiger partial charge is 0.396 e. The summed E-state index contributed by atoms with van der Waals surface area (Å²) in [6.07, 6.45) is 0.632. The Kier molecular flexibility index (Phi) is 3.61. The molecule has 2 aromatic rings. The summed E-state index contributed by atoms with van der Waals surface area (Å²) < 4.78 is 0. The number of hydrogen-bond donors (Lipinski definition) is 3.